The Morgan fingerprint density at radius 2 is 1.75 bits per heavy atom. The molecular formula is C25H24ClN5O. The van der Waals surface area contributed by atoms with Crippen LogP contribution in [-0.4, -0.2) is 54.0 Å². The van der Waals surface area contributed by atoms with E-state index in [1.165, 1.54) is 5.69 Å². The average Bonchev–Trinajstić information content (AvgIpc) is 3.23. The number of likely N-dealkylation sites (N-methyl/N-ethyl adjacent to an activating group) is 1. The first-order chi connectivity index (χ1) is 15.6. The lowest BCUT2D eigenvalue weighted by Gasteiger charge is -2.34. The predicted octanol–water partition coefficient (Wildman–Crippen LogP) is 4.89. The number of rotatable bonds is 4. The second kappa shape index (κ2) is 8.65. The van der Waals surface area contributed by atoms with Crippen LogP contribution >= 0.6 is 11.6 Å². The number of carbonyl (C=O) groups is 1. The molecule has 1 amide bonds. The lowest BCUT2D eigenvalue weighted by atomic mass is 10.1. The summed E-state index contributed by atoms with van der Waals surface area (Å²) >= 11 is 6.14. The quantitative estimate of drug-likeness (QED) is 0.469. The van der Waals surface area contributed by atoms with Gasteiger partial charge in [0.2, 0.25) is 0 Å². The van der Waals surface area contributed by atoms with Gasteiger partial charge in [-0.05, 0) is 61.6 Å². The predicted molar refractivity (Wildman–Crippen MR) is 131 cm³/mol. The number of aromatic nitrogens is 2. The molecule has 1 saturated heterocycles. The standard InChI is InChI=1S/C25H24ClN5O/c1-30-12-14-31(15-13-30)19-9-6-17(7-10-19)24-28-22-11-8-18(16-23(22)29-24)27-25(32)20-4-2-3-5-21(20)26/h2-11,16H,12-15H2,1H3,(H,27,32)(H,28,29). The van der Waals surface area contributed by atoms with Crippen molar-refractivity contribution in [1.82, 2.24) is 14.9 Å². The van der Waals surface area contributed by atoms with E-state index in [2.05, 4.69) is 51.4 Å². The molecule has 7 heteroatoms. The highest BCUT2D eigenvalue weighted by atomic mass is 35.5. The smallest absolute Gasteiger partial charge is 0.257 e. The molecule has 6 nitrogen and oxygen atoms in total. The van der Waals surface area contributed by atoms with Crippen LogP contribution in [0, 0.1) is 0 Å². The SMILES string of the molecule is CN1CCN(c2ccc(-c3nc4ccc(NC(=O)c5ccccc5Cl)cc4[nH]3)cc2)CC1. The number of halogens is 1. The molecule has 0 spiro atoms. The molecule has 2 N–H and O–H groups in total. The van der Waals surface area contributed by atoms with Crippen molar-refractivity contribution in [3.8, 4) is 11.4 Å². The van der Waals surface area contributed by atoms with Crippen LogP contribution in [0.5, 0.6) is 0 Å². The molecule has 1 aromatic heterocycles. The van der Waals surface area contributed by atoms with Gasteiger partial charge in [-0.15, -0.1) is 0 Å². The van der Waals surface area contributed by atoms with Gasteiger partial charge in [0.15, 0.2) is 0 Å². The molecule has 0 radical (unpaired) electrons. The summed E-state index contributed by atoms with van der Waals surface area (Å²) in [5.41, 5.74) is 5.10. The van der Waals surface area contributed by atoms with Gasteiger partial charge in [-0.1, -0.05) is 23.7 Å². The molecule has 0 bridgehead atoms. The molecule has 0 atom stereocenters. The Labute approximate surface area is 191 Å². The van der Waals surface area contributed by atoms with Crippen LogP contribution in [0.4, 0.5) is 11.4 Å². The fourth-order valence-electron chi connectivity index (χ4n) is 3.96. The summed E-state index contributed by atoms with van der Waals surface area (Å²) in [6, 6.07) is 21.2. The van der Waals surface area contributed by atoms with Gasteiger partial charge in [0.1, 0.15) is 5.82 Å². The minimum absolute atomic E-state index is 0.241. The Balaban J connectivity index is 1.34. The highest BCUT2D eigenvalue weighted by molar-refractivity contribution is 6.34. The van der Waals surface area contributed by atoms with Crippen molar-refractivity contribution in [2.24, 2.45) is 0 Å². The highest BCUT2D eigenvalue weighted by Gasteiger charge is 2.15. The summed E-state index contributed by atoms with van der Waals surface area (Å²) in [6.07, 6.45) is 0. The number of nitrogens with one attached hydrogen (secondary N) is 2. The molecule has 32 heavy (non-hydrogen) atoms. The fraction of sp³-hybridized carbons (Fsp3) is 0.200. The van der Waals surface area contributed by atoms with E-state index in [1.807, 2.05) is 18.2 Å². The number of H-pyrrole nitrogens is 1. The van der Waals surface area contributed by atoms with Gasteiger partial charge in [-0.25, -0.2) is 4.98 Å². The molecule has 0 aliphatic carbocycles. The zero-order valence-electron chi connectivity index (χ0n) is 17.8. The number of carbonyl (C=O) groups excluding carboxylic acids is 1. The summed E-state index contributed by atoms with van der Waals surface area (Å²) in [6.45, 7) is 4.26. The molecule has 1 fully saturated rings. The highest BCUT2D eigenvalue weighted by Crippen LogP contribution is 2.26. The van der Waals surface area contributed by atoms with Crippen molar-refractivity contribution in [3.63, 3.8) is 0 Å². The normalized spacial score (nSPS) is 14.6. The number of imidazole rings is 1. The Hall–Kier alpha value is -3.35. The van der Waals surface area contributed by atoms with Gasteiger partial charge < -0.3 is 20.1 Å². The minimum Gasteiger partial charge on any atom is -0.369 e. The summed E-state index contributed by atoms with van der Waals surface area (Å²) in [7, 11) is 2.16. The van der Waals surface area contributed by atoms with E-state index in [0.717, 1.165) is 48.6 Å². The van der Waals surface area contributed by atoms with Gasteiger partial charge in [-0.3, -0.25) is 4.79 Å². The zero-order valence-corrected chi connectivity index (χ0v) is 18.6. The molecule has 1 aliphatic heterocycles. The first-order valence-electron chi connectivity index (χ1n) is 10.7. The molecule has 0 unspecified atom stereocenters. The maximum Gasteiger partial charge on any atom is 0.257 e. The number of benzene rings is 3. The van der Waals surface area contributed by atoms with Gasteiger partial charge in [0.25, 0.3) is 5.91 Å². The van der Waals surface area contributed by atoms with Gasteiger partial charge in [-0.2, -0.15) is 0 Å². The maximum absolute atomic E-state index is 12.6. The number of fused-ring (bicyclic) bond motifs is 1. The van der Waals surface area contributed by atoms with Crippen LogP contribution in [0.25, 0.3) is 22.4 Å². The van der Waals surface area contributed by atoms with Crippen molar-refractivity contribution >= 4 is 39.9 Å². The second-order valence-corrected chi connectivity index (χ2v) is 8.50. The Kier molecular flexibility index (Phi) is 5.55. The van der Waals surface area contributed by atoms with Crippen molar-refractivity contribution in [1.29, 1.82) is 0 Å². The van der Waals surface area contributed by atoms with E-state index in [-0.39, 0.29) is 5.91 Å². The zero-order chi connectivity index (χ0) is 22.1. The van der Waals surface area contributed by atoms with Crippen LogP contribution in [-0.2, 0) is 0 Å². The Morgan fingerprint density at radius 3 is 2.50 bits per heavy atom. The molecule has 1 aliphatic rings. The van der Waals surface area contributed by atoms with Gasteiger partial charge in [0.05, 0.1) is 21.6 Å². The third-order valence-corrected chi connectivity index (χ3v) is 6.20. The number of nitrogens with zero attached hydrogens (tertiary/aromatic N) is 3. The van der Waals surface area contributed by atoms with Crippen molar-refractivity contribution in [3.05, 3.63) is 77.3 Å². The topological polar surface area (TPSA) is 64.3 Å². The third-order valence-electron chi connectivity index (χ3n) is 5.87. The molecule has 162 valence electrons. The molecule has 0 saturated carbocycles. The molecular weight excluding hydrogens is 422 g/mol. The number of anilines is 2. The van der Waals surface area contributed by atoms with Gasteiger partial charge >= 0.3 is 0 Å². The van der Waals surface area contributed by atoms with Crippen molar-refractivity contribution in [2.75, 3.05) is 43.4 Å². The Morgan fingerprint density at radius 1 is 1.00 bits per heavy atom. The minimum atomic E-state index is -0.241. The maximum atomic E-state index is 12.6. The fourth-order valence-corrected chi connectivity index (χ4v) is 4.18. The van der Waals surface area contributed by atoms with Crippen LogP contribution in [0.3, 0.4) is 0 Å². The number of piperazine rings is 1. The third kappa shape index (κ3) is 4.20. The largest absolute Gasteiger partial charge is 0.369 e. The summed E-state index contributed by atoms with van der Waals surface area (Å²) in [5, 5.41) is 3.33. The number of hydrogen-bond acceptors (Lipinski definition) is 4. The van der Waals surface area contributed by atoms with Gasteiger partial charge in [0, 0.05) is 43.1 Å². The first kappa shape index (κ1) is 20.5. The monoisotopic (exact) mass is 445 g/mol. The molecule has 3 aromatic carbocycles. The summed E-state index contributed by atoms with van der Waals surface area (Å²) in [4.78, 5) is 25.4. The summed E-state index contributed by atoms with van der Waals surface area (Å²) in [5.74, 6) is 0.564. The number of amides is 1. The van der Waals surface area contributed by atoms with E-state index < -0.39 is 0 Å². The van der Waals surface area contributed by atoms with E-state index in [4.69, 9.17) is 16.6 Å². The van der Waals surface area contributed by atoms with E-state index >= 15 is 0 Å². The molecule has 4 aromatic rings. The average molecular weight is 446 g/mol. The number of hydrogen-bond donors (Lipinski definition) is 2. The molecule has 2 heterocycles. The first-order valence-corrected chi connectivity index (χ1v) is 11.0. The lowest BCUT2D eigenvalue weighted by molar-refractivity contribution is 0.102. The number of aromatic amines is 1. The van der Waals surface area contributed by atoms with Crippen molar-refractivity contribution in [2.45, 2.75) is 0 Å². The second-order valence-electron chi connectivity index (χ2n) is 8.09. The van der Waals surface area contributed by atoms with E-state index in [9.17, 15) is 4.79 Å². The van der Waals surface area contributed by atoms with Crippen molar-refractivity contribution < 1.29 is 4.79 Å². The molecule has 5 rings (SSSR count). The Bertz CT molecular complexity index is 1260. The van der Waals surface area contributed by atoms with Crippen LogP contribution < -0.4 is 10.2 Å². The van der Waals surface area contributed by atoms with Crippen LogP contribution in [0.15, 0.2) is 66.7 Å². The van der Waals surface area contributed by atoms with E-state index in [0.29, 0.717) is 16.3 Å². The lowest BCUT2D eigenvalue weighted by Crippen LogP contribution is -2.44. The van der Waals surface area contributed by atoms with Crippen LogP contribution in [0.1, 0.15) is 10.4 Å². The van der Waals surface area contributed by atoms with E-state index in [1.54, 1.807) is 24.3 Å². The summed E-state index contributed by atoms with van der Waals surface area (Å²) < 4.78 is 0. The van der Waals surface area contributed by atoms with Crippen LogP contribution in [0.2, 0.25) is 5.02 Å².